The molecule has 6 rings (SSSR count). The molecule has 55 heavy (non-hydrogen) atoms. The van der Waals surface area contributed by atoms with Gasteiger partial charge < -0.3 is 104 Å². The molecule has 2 aromatic carbocycles. The molecule has 0 saturated carbocycles. The molecule has 1 unspecified atom stereocenters. The van der Waals surface area contributed by atoms with Gasteiger partial charge in [0.05, 0.1) is 38.1 Å². The van der Waals surface area contributed by atoms with Gasteiger partial charge in [-0.05, 0) is 19.1 Å². The maximum atomic E-state index is 11.0. The van der Waals surface area contributed by atoms with Crippen molar-refractivity contribution in [1.29, 1.82) is 0 Å². The van der Waals surface area contributed by atoms with Crippen LogP contribution in [0.15, 0.2) is 30.0 Å². The highest BCUT2D eigenvalue weighted by molar-refractivity contribution is 5.70. The summed E-state index contributed by atoms with van der Waals surface area (Å²) in [4.78, 5) is 0. The highest BCUT2D eigenvalue weighted by atomic mass is 16.7. The van der Waals surface area contributed by atoms with Gasteiger partial charge in [-0.3, -0.25) is 0 Å². The van der Waals surface area contributed by atoms with Gasteiger partial charge >= 0.3 is 0 Å². The van der Waals surface area contributed by atoms with Crippen molar-refractivity contribution in [3.05, 3.63) is 41.2 Å². The highest BCUT2D eigenvalue weighted by Gasteiger charge is 2.49. The Hall–Kier alpha value is -3.78. The monoisotopic (exact) mass is 789 g/mol. The number of methoxy groups -OCH3 is 1. The second-order valence-electron chi connectivity index (χ2n) is 13.5. The molecule has 0 radical (unpaired) electrons. The van der Waals surface area contributed by atoms with Gasteiger partial charge in [0.15, 0.2) is 23.5 Å². The minimum absolute atomic E-state index is 0.0166. The van der Waals surface area contributed by atoms with Crippen LogP contribution >= 0.6 is 0 Å². The summed E-state index contributed by atoms with van der Waals surface area (Å²) >= 11 is 0. The van der Waals surface area contributed by atoms with Crippen LogP contribution in [0.5, 0.6) is 34.5 Å². The lowest BCUT2D eigenvalue weighted by Crippen LogP contribution is -2.61. The zero-order valence-corrected chi connectivity index (χ0v) is 29.2. The van der Waals surface area contributed by atoms with Crippen molar-refractivity contribution < 1.29 is 104 Å². The van der Waals surface area contributed by atoms with E-state index in [-0.39, 0.29) is 34.1 Å². The molecule has 0 amide bonds. The average Bonchev–Trinajstić information content (AvgIpc) is 3.16. The topological polar surface area (TPSA) is 340 Å². The van der Waals surface area contributed by atoms with Gasteiger partial charge in [0.1, 0.15) is 84.2 Å². The van der Waals surface area contributed by atoms with Gasteiger partial charge in [-0.15, -0.1) is 0 Å². The summed E-state index contributed by atoms with van der Waals surface area (Å²) in [7, 11) is 1.22. The van der Waals surface area contributed by atoms with Crippen LogP contribution in [0.25, 0.3) is 6.08 Å². The Morgan fingerprint density at radius 3 is 1.91 bits per heavy atom. The minimum Gasteiger partial charge on any atom is -0.571 e. The smallest absolute Gasteiger partial charge is 0.270 e. The fraction of sp³-hybridized carbons (Fsp3) is 0.588. The first-order valence-corrected chi connectivity index (χ1v) is 17.1. The van der Waals surface area contributed by atoms with E-state index in [4.69, 9.17) is 33.2 Å². The van der Waals surface area contributed by atoms with Crippen LogP contribution in [0.4, 0.5) is 0 Å². The van der Waals surface area contributed by atoms with Gasteiger partial charge in [-0.25, -0.2) is 0 Å². The van der Waals surface area contributed by atoms with Crippen molar-refractivity contribution >= 4 is 6.08 Å². The van der Waals surface area contributed by atoms with E-state index in [0.717, 1.165) is 12.1 Å². The number of aliphatic hydroxyl groups is 11. The number of hydrogen-bond acceptors (Lipinski definition) is 20. The van der Waals surface area contributed by atoms with E-state index in [9.17, 15) is 66.4 Å². The molecule has 21 nitrogen and oxygen atoms in total. The summed E-state index contributed by atoms with van der Waals surface area (Å²) in [6.07, 6.45) is -24.5. The molecule has 3 saturated heterocycles. The summed E-state index contributed by atoms with van der Waals surface area (Å²) in [5.74, 6) is -2.22. The number of aliphatic hydroxyl groups excluding tert-OH is 10. The Kier molecular flexibility index (Phi) is 12.2. The van der Waals surface area contributed by atoms with Crippen LogP contribution in [-0.4, -0.2) is 184 Å². The molecule has 4 heterocycles. The maximum Gasteiger partial charge on any atom is 0.270 e. The first-order valence-electron chi connectivity index (χ1n) is 17.1. The van der Waals surface area contributed by atoms with Crippen molar-refractivity contribution in [3.63, 3.8) is 0 Å². The van der Waals surface area contributed by atoms with Crippen molar-refractivity contribution in [2.45, 2.75) is 105 Å². The molecule has 0 aliphatic carbocycles. The van der Waals surface area contributed by atoms with Crippen molar-refractivity contribution in [2.75, 3.05) is 20.3 Å². The molecule has 4 aliphatic rings. The number of ether oxygens (including phenoxy) is 8. The molecule has 21 heteroatoms. The fourth-order valence-electron chi connectivity index (χ4n) is 6.55. The maximum absolute atomic E-state index is 11.0. The number of phenols is 3. The van der Waals surface area contributed by atoms with Crippen molar-refractivity contribution in [2.24, 2.45) is 0 Å². The van der Waals surface area contributed by atoms with Gasteiger partial charge in [0.25, 0.3) is 11.9 Å². The molecule has 0 bridgehead atoms. The first kappa shape index (κ1) is 40.9. The normalized spacial score (nSPS) is 39.0. The lowest BCUT2D eigenvalue weighted by Gasteiger charge is -2.42. The lowest BCUT2D eigenvalue weighted by atomic mass is 9.98. The summed E-state index contributed by atoms with van der Waals surface area (Å²) in [5.41, 5.74) is 0.160. The van der Waals surface area contributed by atoms with Gasteiger partial charge in [-0.2, -0.15) is 0 Å². The Bertz CT molecular complexity index is 1690. The summed E-state index contributed by atoms with van der Waals surface area (Å²) in [6, 6.07) is 4.73. The standard InChI is InChI=1S/C34H44O21/c1-10-21(38)25(42)28(45)32(50-10)49-9-20-24(41)27(44)30(47)34(55-20)53-18-7-13-15(51-31(18)11-3-14(37)22(39)17(4-11)48-2)5-12(36)6-16(13)52-33-29(46)26(43)23(40)19(8-35)54-33/h3-7,10,19-21,23-47H,8-9H2,1-2H3/p+1/t10-,19-,20-,21+,23-,24-,25+,26+,27-,28-,29+,30-,31?,32-,33-,34-/m1/s1. The SMILES string of the molecule is COc1cc(C2[OH+]c3cc(O)cc(O[C@@H]4O[C@H](CO)[C@@H](O)[C@H](O)[C@@H]4O)c3C=C2O[C@@H]2O[C@H](CO[C@@H]3O[C@H](C)[C@H](O)[C@H](O)[C@H]3O)[C@@H](O)[C@@H](O)[C@H]2O)cc(O)c1O. The van der Waals surface area contributed by atoms with E-state index in [1.54, 1.807) is 0 Å². The summed E-state index contributed by atoms with van der Waals surface area (Å²) in [6.45, 7) is 0.0709. The predicted octanol–water partition coefficient (Wildman–Crippen LogP) is -4.00. The molecule has 14 N–H and O–H groups in total. The molecular weight excluding hydrogens is 744 g/mol. The zero-order chi connectivity index (χ0) is 40.0. The third-order valence-corrected chi connectivity index (χ3v) is 9.79. The Labute approximate surface area is 311 Å². The Morgan fingerprint density at radius 1 is 0.655 bits per heavy atom. The third-order valence-electron chi connectivity index (χ3n) is 9.79. The number of hydrogen-bond donors (Lipinski definition) is 13. The summed E-state index contributed by atoms with van der Waals surface area (Å²) in [5, 5.41) is 135. The van der Waals surface area contributed by atoms with Gasteiger partial charge in [0, 0.05) is 12.1 Å². The zero-order valence-electron chi connectivity index (χ0n) is 29.2. The third kappa shape index (κ3) is 7.95. The average molecular weight is 790 g/mol. The Balaban J connectivity index is 1.33. The van der Waals surface area contributed by atoms with Crippen molar-refractivity contribution in [1.82, 2.24) is 0 Å². The molecule has 4 aliphatic heterocycles. The van der Waals surface area contributed by atoms with Crippen LogP contribution in [-0.2, 0) is 23.7 Å². The quantitative estimate of drug-likeness (QED) is 0.0805. The fourth-order valence-corrected chi connectivity index (χ4v) is 6.55. The highest BCUT2D eigenvalue weighted by Crippen LogP contribution is 2.48. The number of rotatable bonds is 10. The van der Waals surface area contributed by atoms with Crippen molar-refractivity contribution in [3.8, 4) is 34.5 Å². The Morgan fingerprint density at radius 2 is 1.25 bits per heavy atom. The second-order valence-corrected chi connectivity index (χ2v) is 13.5. The molecule has 0 spiro atoms. The molecule has 306 valence electrons. The van der Waals surface area contributed by atoms with Gasteiger partial charge in [0.2, 0.25) is 18.3 Å². The number of aromatic hydroxyl groups is 4. The van der Waals surface area contributed by atoms with E-state index in [0.29, 0.717) is 0 Å². The molecule has 16 atom stereocenters. The summed E-state index contributed by atoms with van der Waals surface area (Å²) < 4.78 is 44.0. The van der Waals surface area contributed by atoms with Crippen LogP contribution in [0, 0.1) is 0 Å². The molecular formula is C34H45O21+. The molecule has 3 fully saturated rings. The van der Waals surface area contributed by atoms with E-state index >= 15 is 0 Å². The van der Waals surface area contributed by atoms with Crippen LogP contribution in [0.2, 0.25) is 0 Å². The van der Waals surface area contributed by atoms with Crippen LogP contribution < -0.4 is 9.47 Å². The molecule has 0 aromatic heterocycles. The lowest BCUT2D eigenvalue weighted by molar-refractivity contribution is -0.325. The van der Waals surface area contributed by atoms with E-state index in [1.165, 1.54) is 32.2 Å². The minimum atomic E-state index is -1.94. The molecule has 2 aromatic rings. The van der Waals surface area contributed by atoms with E-state index in [1.807, 2.05) is 0 Å². The van der Waals surface area contributed by atoms with Gasteiger partial charge in [-0.1, -0.05) is 0 Å². The first-order chi connectivity index (χ1) is 26.0. The predicted molar refractivity (Wildman–Crippen MR) is 177 cm³/mol. The number of benzene rings is 2. The second kappa shape index (κ2) is 16.4. The number of phenolic OH excluding ortho intramolecular Hbond substituents is 3. The van der Waals surface area contributed by atoms with E-state index < -0.39 is 129 Å². The van der Waals surface area contributed by atoms with E-state index in [2.05, 4.69) is 4.74 Å². The number of fused-ring (bicyclic) bond motifs is 1. The van der Waals surface area contributed by atoms with Crippen LogP contribution in [0.3, 0.4) is 0 Å². The largest absolute Gasteiger partial charge is 0.571 e. The van der Waals surface area contributed by atoms with Crippen LogP contribution in [0.1, 0.15) is 24.2 Å².